The molecular formula is C22H24N4O2. The van der Waals surface area contributed by atoms with Gasteiger partial charge in [-0.3, -0.25) is 9.78 Å². The molecule has 3 rings (SSSR count). The van der Waals surface area contributed by atoms with Crippen molar-refractivity contribution in [3.05, 3.63) is 54.5 Å². The number of nitrogens with zero attached hydrogens (tertiary/aromatic N) is 3. The molecule has 0 atom stereocenters. The molecule has 3 aromatic rings. The van der Waals surface area contributed by atoms with Crippen LogP contribution in [0.5, 0.6) is 5.88 Å². The van der Waals surface area contributed by atoms with Gasteiger partial charge in [-0.1, -0.05) is 0 Å². The van der Waals surface area contributed by atoms with Crippen molar-refractivity contribution in [1.29, 1.82) is 0 Å². The summed E-state index contributed by atoms with van der Waals surface area (Å²) in [7, 11) is 0. The van der Waals surface area contributed by atoms with Crippen LogP contribution in [0.4, 0.5) is 5.82 Å². The Hall–Kier alpha value is -3.28. The lowest BCUT2D eigenvalue weighted by Gasteiger charge is -2.21. The largest absolute Gasteiger partial charge is 0.472 e. The summed E-state index contributed by atoms with van der Waals surface area (Å²) in [5.41, 5.74) is 4.24. The number of carbonyl (C=O) groups is 1. The number of hydrogen-bond acceptors (Lipinski definition) is 5. The lowest BCUT2D eigenvalue weighted by Crippen LogP contribution is -2.23. The summed E-state index contributed by atoms with van der Waals surface area (Å²) in [6, 6.07) is 9.56. The van der Waals surface area contributed by atoms with E-state index in [1.165, 1.54) is 6.92 Å². The highest BCUT2D eigenvalue weighted by molar-refractivity contribution is 5.88. The molecule has 28 heavy (non-hydrogen) atoms. The van der Waals surface area contributed by atoms with Crippen molar-refractivity contribution in [3.8, 4) is 28.3 Å². The summed E-state index contributed by atoms with van der Waals surface area (Å²) in [5.74, 6) is 0.864. The summed E-state index contributed by atoms with van der Waals surface area (Å²) in [6.07, 6.45) is 5.23. The second-order valence-corrected chi connectivity index (χ2v) is 7.60. The Morgan fingerprint density at radius 2 is 1.86 bits per heavy atom. The molecule has 1 N–H and O–H groups in total. The number of nitrogens with one attached hydrogen (secondary N) is 1. The maximum atomic E-state index is 11.4. The summed E-state index contributed by atoms with van der Waals surface area (Å²) in [4.78, 5) is 24.5. The standard InChI is InChI=1S/C22H24N4O2/c1-14-6-8-23-13-18(14)19-10-17(12-21(26-19)28-22(3,4)5)16-7-9-24-20(11-16)25-15(2)27/h6-13H,1-5H3,(H,24,25,27). The number of pyridine rings is 3. The minimum absolute atomic E-state index is 0.164. The normalized spacial score (nSPS) is 11.2. The number of anilines is 1. The lowest BCUT2D eigenvalue weighted by atomic mass is 10.0. The van der Waals surface area contributed by atoms with Gasteiger partial charge in [-0.15, -0.1) is 0 Å². The average molecular weight is 376 g/mol. The van der Waals surface area contributed by atoms with Crippen molar-refractivity contribution in [2.75, 3.05) is 5.32 Å². The first-order valence-corrected chi connectivity index (χ1v) is 9.07. The van der Waals surface area contributed by atoms with Crippen LogP contribution in [0, 0.1) is 6.92 Å². The molecule has 0 saturated heterocycles. The molecule has 1 amide bonds. The second kappa shape index (κ2) is 7.76. The average Bonchev–Trinajstić information content (AvgIpc) is 2.60. The zero-order chi connectivity index (χ0) is 20.3. The van der Waals surface area contributed by atoms with Gasteiger partial charge in [-0.25, -0.2) is 9.97 Å². The third-order valence-electron chi connectivity index (χ3n) is 3.92. The summed E-state index contributed by atoms with van der Waals surface area (Å²) in [5, 5.41) is 2.72. The first-order chi connectivity index (χ1) is 13.2. The van der Waals surface area contributed by atoms with E-state index in [1.807, 2.05) is 58.0 Å². The van der Waals surface area contributed by atoms with Crippen LogP contribution < -0.4 is 10.1 Å². The topological polar surface area (TPSA) is 77.0 Å². The predicted octanol–water partition coefficient (Wildman–Crippen LogP) is 4.65. The fourth-order valence-electron chi connectivity index (χ4n) is 2.77. The van der Waals surface area contributed by atoms with Crippen molar-refractivity contribution in [1.82, 2.24) is 15.0 Å². The van der Waals surface area contributed by atoms with E-state index in [4.69, 9.17) is 9.72 Å². The van der Waals surface area contributed by atoms with E-state index in [9.17, 15) is 4.79 Å². The van der Waals surface area contributed by atoms with Crippen LogP contribution in [-0.2, 0) is 4.79 Å². The Balaban J connectivity index is 2.13. The maximum Gasteiger partial charge on any atom is 0.222 e. The highest BCUT2D eigenvalue weighted by atomic mass is 16.5. The number of amides is 1. The SMILES string of the molecule is CC(=O)Nc1cc(-c2cc(OC(C)(C)C)nc(-c3cnccc3C)c2)ccn1. The molecule has 0 aromatic carbocycles. The predicted molar refractivity (Wildman–Crippen MR) is 110 cm³/mol. The maximum absolute atomic E-state index is 11.4. The number of rotatable bonds is 4. The Kier molecular flexibility index (Phi) is 5.40. The molecule has 0 fully saturated rings. The van der Waals surface area contributed by atoms with Gasteiger partial charge in [0.05, 0.1) is 5.69 Å². The molecule has 0 aliphatic rings. The van der Waals surface area contributed by atoms with E-state index >= 15 is 0 Å². The number of aromatic nitrogens is 3. The van der Waals surface area contributed by atoms with Crippen molar-refractivity contribution < 1.29 is 9.53 Å². The fourth-order valence-corrected chi connectivity index (χ4v) is 2.77. The van der Waals surface area contributed by atoms with Crippen molar-refractivity contribution in [2.24, 2.45) is 0 Å². The summed E-state index contributed by atoms with van der Waals surface area (Å²) in [6.45, 7) is 9.43. The number of hydrogen-bond donors (Lipinski definition) is 1. The van der Waals surface area contributed by atoms with Gasteiger partial charge in [-0.2, -0.15) is 0 Å². The Morgan fingerprint density at radius 3 is 2.54 bits per heavy atom. The van der Waals surface area contributed by atoms with E-state index in [2.05, 4.69) is 15.3 Å². The molecular weight excluding hydrogens is 352 g/mol. The van der Waals surface area contributed by atoms with Crippen molar-refractivity contribution >= 4 is 11.7 Å². The zero-order valence-electron chi connectivity index (χ0n) is 16.8. The third kappa shape index (κ3) is 4.91. The van der Waals surface area contributed by atoms with Crippen LogP contribution in [0.2, 0.25) is 0 Å². The Labute approximate surface area is 165 Å². The fraction of sp³-hybridized carbons (Fsp3) is 0.273. The van der Waals surface area contributed by atoms with Crippen LogP contribution >= 0.6 is 0 Å². The molecule has 0 radical (unpaired) electrons. The molecule has 3 heterocycles. The van der Waals surface area contributed by atoms with Crippen molar-refractivity contribution in [2.45, 2.75) is 40.2 Å². The van der Waals surface area contributed by atoms with E-state index in [-0.39, 0.29) is 11.5 Å². The second-order valence-electron chi connectivity index (χ2n) is 7.60. The van der Waals surface area contributed by atoms with Gasteiger partial charge in [0.15, 0.2) is 0 Å². The van der Waals surface area contributed by atoms with E-state index in [1.54, 1.807) is 18.6 Å². The number of aryl methyl sites for hydroxylation is 1. The van der Waals surface area contributed by atoms with Gasteiger partial charge in [0, 0.05) is 37.1 Å². The summed E-state index contributed by atoms with van der Waals surface area (Å²) < 4.78 is 6.04. The smallest absolute Gasteiger partial charge is 0.222 e. The molecule has 0 unspecified atom stereocenters. The van der Waals surface area contributed by atoms with Gasteiger partial charge >= 0.3 is 0 Å². The van der Waals surface area contributed by atoms with Crippen LogP contribution in [0.25, 0.3) is 22.4 Å². The minimum atomic E-state index is -0.382. The van der Waals surface area contributed by atoms with Crippen LogP contribution in [0.15, 0.2) is 48.9 Å². The molecule has 0 saturated carbocycles. The molecule has 0 aliphatic carbocycles. The first kappa shape index (κ1) is 19.5. The van der Waals surface area contributed by atoms with E-state index in [0.717, 1.165) is 27.9 Å². The quantitative estimate of drug-likeness (QED) is 0.717. The van der Waals surface area contributed by atoms with Gasteiger partial charge < -0.3 is 10.1 Å². The van der Waals surface area contributed by atoms with E-state index in [0.29, 0.717) is 11.7 Å². The number of carbonyl (C=O) groups excluding carboxylic acids is 1. The van der Waals surface area contributed by atoms with Crippen LogP contribution in [-0.4, -0.2) is 26.5 Å². The highest BCUT2D eigenvalue weighted by Crippen LogP contribution is 2.31. The first-order valence-electron chi connectivity index (χ1n) is 9.07. The number of ether oxygens (including phenoxy) is 1. The molecule has 0 aliphatic heterocycles. The summed E-state index contributed by atoms with van der Waals surface area (Å²) >= 11 is 0. The molecule has 6 heteroatoms. The third-order valence-corrected chi connectivity index (χ3v) is 3.92. The lowest BCUT2D eigenvalue weighted by molar-refractivity contribution is -0.114. The van der Waals surface area contributed by atoms with Gasteiger partial charge in [0.25, 0.3) is 0 Å². The molecule has 0 bridgehead atoms. The molecule has 0 spiro atoms. The highest BCUT2D eigenvalue weighted by Gasteiger charge is 2.16. The molecule has 3 aromatic heterocycles. The Bertz CT molecular complexity index is 1010. The van der Waals surface area contributed by atoms with Gasteiger partial charge in [0.1, 0.15) is 11.4 Å². The molecule has 6 nitrogen and oxygen atoms in total. The monoisotopic (exact) mass is 376 g/mol. The van der Waals surface area contributed by atoms with Crippen molar-refractivity contribution in [3.63, 3.8) is 0 Å². The minimum Gasteiger partial charge on any atom is -0.472 e. The van der Waals surface area contributed by atoms with Crippen LogP contribution in [0.3, 0.4) is 0 Å². The Morgan fingerprint density at radius 1 is 1.07 bits per heavy atom. The van der Waals surface area contributed by atoms with Gasteiger partial charge in [0.2, 0.25) is 11.8 Å². The van der Waals surface area contributed by atoms with Gasteiger partial charge in [-0.05, 0) is 68.7 Å². The molecule has 144 valence electrons. The van der Waals surface area contributed by atoms with Crippen LogP contribution in [0.1, 0.15) is 33.3 Å². The zero-order valence-corrected chi connectivity index (χ0v) is 16.8. The van der Waals surface area contributed by atoms with E-state index < -0.39 is 0 Å².